The van der Waals surface area contributed by atoms with Crippen molar-refractivity contribution in [1.82, 2.24) is 5.32 Å². The topological polar surface area (TPSA) is 72.5 Å². The average Bonchev–Trinajstić information content (AvgIpc) is 2.58. The third kappa shape index (κ3) is 5.82. The molecular formula is C17H17BrFNO4S. The Labute approximate surface area is 154 Å². The fourth-order valence-corrected chi connectivity index (χ4v) is 2.89. The molecule has 0 aliphatic carbocycles. The van der Waals surface area contributed by atoms with Crippen molar-refractivity contribution in [2.24, 2.45) is 0 Å². The number of benzene rings is 2. The smallest absolute Gasteiger partial charge is 0.251 e. The Morgan fingerprint density at radius 3 is 2.48 bits per heavy atom. The molecule has 0 aliphatic rings. The van der Waals surface area contributed by atoms with E-state index < -0.39 is 21.6 Å². The zero-order valence-corrected chi connectivity index (χ0v) is 15.9. The highest BCUT2D eigenvalue weighted by Gasteiger charge is 2.13. The normalized spacial score (nSPS) is 11.2. The van der Waals surface area contributed by atoms with Gasteiger partial charge in [-0.3, -0.25) is 4.79 Å². The number of nitrogens with one attached hydrogen (secondary N) is 1. The summed E-state index contributed by atoms with van der Waals surface area (Å²) in [6.45, 7) is 1.52. The Morgan fingerprint density at radius 2 is 1.88 bits per heavy atom. The largest absolute Gasteiger partial charge is 0.454 e. The standard InChI is InChI=1S/C17H17BrFNO4S/c1-2-25(22,23)10-9-20-17(21)12-3-8-16(15(19)11-12)24-14-6-4-13(18)5-7-14/h3-8,11H,2,9-10H2,1H3,(H,20,21). The van der Waals surface area contributed by atoms with Gasteiger partial charge in [-0.2, -0.15) is 0 Å². The van der Waals surface area contributed by atoms with E-state index in [-0.39, 0.29) is 29.4 Å². The van der Waals surface area contributed by atoms with E-state index in [2.05, 4.69) is 21.2 Å². The number of sulfone groups is 1. The zero-order chi connectivity index (χ0) is 18.4. The van der Waals surface area contributed by atoms with Gasteiger partial charge < -0.3 is 10.1 Å². The average molecular weight is 430 g/mol. The maximum absolute atomic E-state index is 14.1. The Morgan fingerprint density at radius 1 is 1.20 bits per heavy atom. The molecule has 0 unspecified atom stereocenters. The summed E-state index contributed by atoms with van der Waals surface area (Å²) in [6.07, 6.45) is 0. The number of rotatable bonds is 7. The van der Waals surface area contributed by atoms with Crippen LogP contribution in [0.25, 0.3) is 0 Å². The number of halogens is 2. The molecule has 134 valence electrons. The van der Waals surface area contributed by atoms with Gasteiger partial charge in [0, 0.05) is 22.3 Å². The molecule has 0 spiro atoms. The first-order chi connectivity index (χ1) is 11.8. The maximum atomic E-state index is 14.1. The number of amides is 1. The van der Waals surface area contributed by atoms with Crippen LogP contribution in [0.3, 0.4) is 0 Å². The fraction of sp³-hybridized carbons (Fsp3) is 0.235. The van der Waals surface area contributed by atoms with Gasteiger partial charge >= 0.3 is 0 Å². The van der Waals surface area contributed by atoms with Crippen molar-refractivity contribution in [2.45, 2.75) is 6.92 Å². The predicted molar refractivity (Wildman–Crippen MR) is 97.3 cm³/mol. The molecule has 1 N–H and O–H groups in total. The second-order valence-corrected chi connectivity index (χ2v) is 8.58. The van der Waals surface area contributed by atoms with E-state index in [1.165, 1.54) is 19.1 Å². The Kier molecular flexibility index (Phi) is 6.55. The summed E-state index contributed by atoms with van der Waals surface area (Å²) in [5, 5.41) is 2.46. The van der Waals surface area contributed by atoms with E-state index >= 15 is 0 Å². The zero-order valence-electron chi connectivity index (χ0n) is 13.5. The maximum Gasteiger partial charge on any atom is 0.251 e. The Hall–Kier alpha value is -1.93. The van der Waals surface area contributed by atoms with Gasteiger partial charge in [0.25, 0.3) is 5.91 Å². The molecule has 0 bridgehead atoms. The summed E-state index contributed by atoms with van der Waals surface area (Å²) in [4.78, 5) is 12.0. The van der Waals surface area contributed by atoms with Gasteiger partial charge in [0.2, 0.25) is 0 Å². The monoisotopic (exact) mass is 429 g/mol. The van der Waals surface area contributed by atoms with Gasteiger partial charge in [-0.1, -0.05) is 22.9 Å². The molecule has 0 aromatic heterocycles. The third-order valence-electron chi connectivity index (χ3n) is 3.37. The van der Waals surface area contributed by atoms with E-state index in [1.54, 1.807) is 24.3 Å². The quantitative estimate of drug-likeness (QED) is 0.730. The number of hydrogen-bond donors (Lipinski definition) is 1. The molecule has 0 fully saturated rings. The number of carbonyl (C=O) groups excluding carboxylic acids is 1. The van der Waals surface area contributed by atoms with Crippen LogP contribution in [0.4, 0.5) is 4.39 Å². The van der Waals surface area contributed by atoms with Gasteiger partial charge in [-0.05, 0) is 42.5 Å². The van der Waals surface area contributed by atoms with E-state index in [0.29, 0.717) is 5.75 Å². The summed E-state index contributed by atoms with van der Waals surface area (Å²) in [6, 6.07) is 10.7. The lowest BCUT2D eigenvalue weighted by Gasteiger charge is -2.09. The first kappa shape index (κ1) is 19.4. The van der Waals surface area contributed by atoms with Gasteiger partial charge in [0.15, 0.2) is 21.4 Å². The van der Waals surface area contributed by atoms with Gasteiger partial charge in [0.05, 0.1) is 5.75 Å². The van der Waals surface area contributed by atoms with Crippen LogP contribution in [0.15, 0.2) is 46.9 Å². The minimum atomic E-state index is -3.16. The number of hydrogen-bond acceptors (Lipinski definition) is 4. The van der Waals surface area contributed by atoms with Crippen LogP contribution in [0, 0.1) is 5.82 Å². The molecule has 25 heavy (non-hydrogen) atoms. The van der Waals surface area contributed by atoms with E-state index in [9.17, 15) is 17.6 Å². The first-order valence-corrected chi connectivity index (χ1v) is 10.1. The van der Waals surface area contributed by atoms with Crippen LogP contribution in [0.2, 0.25) is 0 Å². The second-order valence-electron chi connectivity index (χ2n) is 5.19. The summed E-state index contributed by atoms with van der Waals surface area (Å²) in [5.41, 5.74) is 0.0922. The SMILES string of the molecule is CCS(=O)(=O)CCNC(=O)c1ccc(Oc2ccc(Br)cc2)c(F)c1. The predicted octanol–water partition coefficient (Wildman–Crippen LogP) is 3.55. The lowest BCUT2D eigenvalue weighted by Crippen LogP contribution is -2.29. The number of ether oxygens (including phenoxy) is 1. The molecule has 0 radical (unpaired) electrons. The molecule has 0 saturated carbocycles. The lowest BCUT2D eigenvalue weighted by molar-refractivity contribution is 0.0955. The Bertz CT molecular complexity index is 853. The minimum absolute atomic E-state index is 0.00701. The summed E-state index contributed by atoms with van der Waals surface area (Å²) in [7, 11) is -3.16. The van der Waals surface area contributed by atoms with Crippen molar-refractivity contribution < 1.29 is 22.3 Å². The summed E-state index contributed by atoms with van der Waals surface area (Å²) in [5.74, 6) is -0.907. The van der Waals surface area contributed by atoms with Crippen LogP contribution in [0.1, 0.15) is 17.3 Å². The molecule has 0 atom stereocenters. The molecule has 0 heterocycles. The summed E-state index contributed by atoms with van der Waals surface area (Å²) >= 11 is 3.30. The van der Waals surface area contributed by atoms with Crippen LogP contribution in [0.5, 0.6) is 11.5 Å². The van der Waals surface area contributed by atoms with Crippen molar-refractivity contribution in [1.29, 1.82) is 0 Å². The van der Waals surface area contributed by atoms with E-state index in [1.807, 2.05) is 0 Å². The van der Waals surface area contributed by atoms with Crippen molar-refractivity contribution >= 4 is 31.7 Å². The fourth-order valence-electron chi connectivity index (χ4n) is 1.92. The van der Waals surface area contributed by atoms with Crippen LogP contribution < -0.4 is 10.1 Å². The highest BCUT2D eigenvalue weighted by Crippen LogP contribution is 2.26. The molecular weight excluding hydrogens is 413 g/mol. The summed E-state index contributed by atoms with van der Waals surface area (Å²) < 4.78 is 43.2. The molecule has 2 aromatic rings. The minimum Gasteiger partial charge on any atom is -0.454 e. The number of carbonyl (C=O) groups is 1. The molecule has 5 nitrogen and oxygen atoms in total. The van der Waals surface area contributed by atoms with Gasteiger partial charge in [0.1, 0.15) is 5.75 Å². The molecule has 8 heteroatoms. The van der Waals surface area contributed by atoms with Gasteiger partial charge in [-0.25, -0.2) is 12.8 Å². The third-order valence-corrected chi connectivity index (χ3v) is 5.61. The second kappa shape index (κ2) is 8.44. The van der Waals surface area contributed by atoms with Gasteiger partial charge in [-0.15, -0.1) is 0 Å². The van der Waals surface area contributed by atoms with E-state index in [0.717, 1.165) is 10.5 Å². The van der Waals surface area contributed by atoms with Crippen LogP contribution in [-0.2, 0) is 9.84 Å². The molecule has 1 amide bonds. The highest BCUT2D eigenvalue weighted by atomic mass is 79.9. The van der Waals surface area contributed by atoms with Crippen LogP contribution in [-0.4, -0.2) is 32.4 Å². The van der Waals surface area contributed by atoms with Crippen molar-refractivity contribution in [3.8, 4) is 11.5 Å². The molecule has 0 saturated heterocycles. The highest BCUT2D eigenvalue weighted by molar-refractivity contribution is 9.10. The van der Waals surface area contributed by atoms with E-state index in [4.69, 9.17) is 4.74 Å². The van der Waals surface area contributed by atoms with Crippen molar-refractivity contribution in [2.75, 3.05) is 18.1 Å². The lowest BCUT2D eigenvalue weighted by atomic mass is 10.2. The first-order valence-electron chi connectivity index (χ1n) is 7.52. The molecule has 0 aliphatic heterocycles. The van der Waals surface area contributed by atoms with Crippen molar-refractivity contribution in [3.63, 3.8) is 0 Å². The molecule has 2 rings (SSSR count). The molecule has 2 aromatic carbocycles. The van der Waals surface area contributed by atoms with Crippen LogP contribution >= 0.6 is 15.9 Å². The van der Waals surface area contributed by atoms with Crippen molar-refractivity contribution in [3.05, 3.63) is 58.3 Å². The Balaban J connectivity index is 2.00.